The van der Waals surface area contributed by atoms with E-state index >= 15 is 0 Å². The van der Waals surface area contributed by atoms with Crippen LogP contribution in [-0.4, -0.2) is 57.3 Å². The zero-order chi connectivity index (χ0) is 39.6. The minimum Gasteiger partial charge on any atom is -0.394 e. The molecule has 0 saturated heterocycles. The molecule has 0 aromatic rings. The van der Waals surface area contributed by atoms with Gasteiger partial charge in [-0.25, -0.2) is 0 Å². The first kappa shape index (κ1) is 52.5. The molecule has 0 bridgehead atoms. The van der Waals surface area contributed by atoms with Gasteiger partial charge in [0, 0.05) is 0 Å². The van der Waals surface area contributed by atoms with Crippen molar-refractivity contribution in [3.05, 3.63) is 36.5 Å². The van der Waals surface area contributed by atoms with Crippen LogP contribution in [0.2, 0.25) is 0 Å². The summed E-state index contributed by atoms with van der Waals surface area (Å²) in [5, 5.41) is 43.7. The Bertz CT molecular complexity index is 858. The van der Waals surface area contributed by atoms with E-state index in [-0.39, 0.29) is 0 Å². The number of allylic oxidation sites excluding steroid dienone is 6. The Balaban J connectivity index is 3.72. The number of unbranched alkanes of at least 4 members (excludes halogenated alkanes) is 27. The van der Waals surface area contributed by atoms with Crippen molar-refractivity contribution >= 4 is 5.91 Å². The van der Waals surface area contributed by atoms with Crippen LogP contribution in [0.5, 0.6) is 0 Å². The lowest BCUT2D eigenvalue weighted by Gasteiger charge is -2.27. The molecule has 0 aromatic heterocycles. The quantitative estimate of drug-likeness (QED) is 0.0314. The number of aliphatic hydroxyl groups excluding tert-OH is 4. The molecule has 4 atom stereocenters. The van der Waals surface area contributed by atoms with Crippen LogP contribution in [0.1, 0.15) is 232 Å². The van der Waals surface area contributed by atoms with Gasteiger partial charge in [-0.15, -0.1) is 0 Å². The van der Waals surface area contributed by atoms with Crippen molar-refractivity contribution in [2.45, 2.75) is 257 Å². The Morgan fingerprint density at radius 1 is 0.444 bits per heavy atom. The van der Waals surface area contributed by atoms with Crippen molar-refractivity contribution in [3.63, 3.8) is 0 Å². The van der Waals surface area contributed by atoms with E-state index in [1.165, 1.54) is 148 Å². The standard InChI is InChI=1S/C48H91NO5/c1-3-5-7-9-11-13-15-17-19-20-21-22-23-24-25-26-28-30-32-34-36-38-40-42-46(52)48(54)49-44(43-50)47(53)45(51)41-39-37-35-33-31-29-27-18-16-14-12-10-8-6-4-2/h10,12,18,27,33,35,44-47,50-53H,3-9,11,13-17,19-26,28-32,34,36-43H2,1-2H3,(H,49,54)/b12-10+,27-18+,35-33+. The molecule has 0 fully saturated rings. The fourth-order valence-electron chi connectivity index (χ4n) is 7.07. The molecule has 0 rings (SSSR count). The second-order valence-corrected chi connectivity index (χ2v) is 16.1. The maximum absolute atomic E-state index is 12.5. The van der Waals surface area contributed by atoms with Crippen LogP contribution in [0.25, 0.3) is 0 Å². The number of carbonyl (C=O) groups is 1. The van der Waals surface area contributed by atoms with Crippen LogP contribution >= 0.6 is 0 Å². The Morgan fingerprint density at radius 2 is 0.778 bits per heavy atom. The van der Waals surface area contributed by atoms with Gasteiger partial charge in [0.2, 0.25) is 5.91 Å². The number of hydrogen-bond donors (Lipinski definition) is 5. The number of carbonyl (C=O) groups excluding carboxylic acids is 1. The van der Waals surface area contributed by atoms with E-state index in [4.69, 9.17) is 0 Å². The fourth-order valence-corrected chi connectivity index (χ4v) is 7.07. The highest BCUT2D eigenvalue weighted by Gasteiger charge is 2.28. The molecule has 0 aliphatic carbocycles. The van der Waals surface area contributed by atoms with Crippen LogP contribution in [0, 0.1) is 0 Å². The lowest BCUT2D eigenvalue weighted by atomic mass is 10.00. The molecule has 0 spiro atoms. The minimum atomic E-state index is -1.29. The zero-order valence-electron chi connectivity index (χ0n) is 35.7. The Kier molecular flexibility index (Phi) is 41.5. The lowest BCUT2D eigenvalue weighted by molar-refractivity contribution is -0.132. The average molecular weight is 762 g/mol. The summed E-state index contributed by atoms with van der Waals surface area (Å²) >= 11 is 0. The first-order valence-corrected chi connectivity index (χ1v) is 23.4. The van der Waals surface area contributed by atoms with E-state index in [1.54, 1.807) is 0 Å². The third-order valence-electron chi connectivity index (χ3n) is 10.8. The number of amides is 1. The molecule has 0 heterocycles. The first-order valence-electron chi connectivity index (χ1n) is 23.4. The molecule has 0 aliphatic heterocycles. The summed E-state index contributed by atoms with van der Waals surface area (Å²) in [6, 6.07) is -1.01. The fraction of sp³-hybridized carbons (Fsp3) is 0.854. The predicted molar refractivity (Wildman–Crippen MR) is 233 cm³/mol. The highest BCUT2D eigenvalue weighted by Crippen LogP contribution is 2.16. The van der Waals surface area contributed by atoms with E-state index in [9.17, 15) is 25.2 Å². The molecule has 6 heteroatoms. The van der Waals surface area contributed by atoms with Gasteiger partial charge in [-0.1, -0.05) is 211 Å². The van der Waals surface area contributed by atoms with Gasteiger partial charge in [0.1, 0.15) is 12.2 Å². The van der Waals surface area contributed by atoms with Crippen molar-refractivity contribution in [2.75, 3.05) is 6.61 Å². The van der Waals surface area contributed by atoms with E-state index in [1.807, 2.05) is 0 Å². The topological polar surface area (TPSA) is 110 Å². The van der Waals surface area contributed by atoms with E-state index in [0.29, 0.717) is 19.3 Å². The highest BCUT2D eigenvalue weighted by atomic mass is 16.3. The average Bonchev–Trinajstić information content (AvgIpc) is 3.18. The number of nitrogens with one attached hydrogen (secondary N) is 1. The molecule has 54 heavy (non-hydrogen) atoms. The van der Waals surface area contributed by atoms with Gasteiger partial charge in [-0.2, -0.15) is 0 Å². The first-order chi connectivity index (χ1) is 26.5. The smallest absolute Gasteiger partial charge is 0.249 e. The van der Waals surface area contributed by atoms with Gasteiger partial charge in [0.15, 0.2) is 0 Å². The largest absolute Gasteiger partial charge is 0.394 e. The van der Waals surface area contributed by atoms with Crippen LogP contribution in [-0.2, 0) is 4.79 Å². The molecule has 0 radical (unpaired) electrons. The molecular weight excluding hydrogens is 671 g/mol. The molecule has 0 aromatic carbocycles. The van der Waals surface area contributed by atoms with E-state index in [2.05, 4.69) is 55.6 Å². The second kappa shape index (κ2) is 42.7. The molecule has 0 aliphatic rings. The highest BCUT2D eigenvalue weighted by molar-refractivity contribution is 5.80. The number of rotatable bonds is 42. The normalized spacial score (nSPS) is 14.4. The van der Waals surface area contributed by atoms with Crippen molar-refractivity contribution in [1.82, 2.24) is 5.32 Å². The third-order valence-corrected chi connectivity index (χ3v) is 10.8. The Hall–Kier alpha value is -1.47. The van der Waals surface area contributed by atoms with Gasteiger partial charge in [0.25, 0.3) is 0 Å². The molecule has 4 unspecified atom stereocenters. The van der Waals surface area contributed by atoms with Crippen molar-refractivity contribution < 1.29 is 25.2 Å². The number of aliphatic hydroxyl groups is 4. The van der Waals surface area contributed by atoms with Crippen molar-refractivity contribution in [1.29, 1.82) is 0 Å². The Morgan fingerprint density at radius 3 is 1.15 bits per heavy atom. The predicted octanol–water partition coefficient (Wildman–Crippen LogP) is 12.5. The molecule has 6 nitrogen and oxygen atoms in total. The summed E-state index contributed by atoms with van der Waals surface area (Å²) in [7, 11) is 0. The maximum Gasteiger partial charge on any atom is 0.249 e. The van der Waals surface area contributed by atoms with Crippen molar-refractivity contribution in [2.24, 2.45) is 0 Å². The Labute approximate surface area is 335 Å². The number of hydrogen-bond acceptors (Lipinski definition) is 5. The van der Waals surface area contributed by atoms with Gasteiger partial charge < -0.3 is 25.7 Å². The van der Waals surface area contributed by atoms with Gasteiger partial charge in [-0.05, 0) is 57.8 Å². The van der Waals surface area contributed by atoms with Crippen molar-refractivity contribution in [3.8, 4) is 0 Å². The molecule has 1 amide bonds. The summed E-state index contributed by atoms with van der Waals surface area (Å²) in [6.07, 6.45) is 50.4. The SMILES string of the molecule is CCCC/C=C/CC/C=C/CC/C=C/CCCC(O)C(O)C(CO)NC(=O)C(O)CCCCCCCCCCCCCCCCCCCCCCCCC. The summed E-state index contributed by atoms with van der Waals surface area (Å²) in [5.74, 6) is -0.598. The third kappa shape index (κ3) is 36.2. The van der Waals surface area contributed by atoms with Crippen LogP contribution < -0.4 is 5.32 Å². The molecule has 5 N–H and O–H groups in total. The molecule has 318 valence electrons. The molecule has 0 saturated carbocycles. The summed E-state index contributed by atoms with van der Waals surface area (Å²) in [5.41, 5.74) is 0. The summed E-state index contributed by atoms with van der Waals surface area (Å²) in [6.45, 7) is 4.00. The van der Waals surface area contributed by atoms with Crippen LogP contribution in [0.4, 0.5) is 0 Å². The van der Waals surface area contributed by atoms with Crippen LogP contribution in [0.3, 0.4) is 0 Å². The lowest BCUT2D eigenvalue weighted by Crippen LogP contribution is -2.53. The minimum absolute atomic E-state index is 0.362. The van der Waals surface area contributed by atoms with Gasteiger partial charge in [0.05, 0.1) is 18.8 Å². The second-order valence-electron chi connectivity index (χ2n) is 16.1. The molecular formula is C48H91NO5. The van der Waals surface area contributed by atoms with Crippen LogP contribution in [0.15, 0.2) is 36.5 Å². The van der Waals surface area contributed by atoms with E-state index < -0.39 is 36.9 Å². The van der Waals surface area contributed by atoms with E-state index in [0.717, 1.165) is 51.4 Å². The summed E-state index contributed by atoms with van der Waals surface area (Å²) < 4.78 is 0. The monoisotopic (exact) mass is 762 g/mol. The zero-order valence-corrected chi connectivity index (χ0v) is 35.7. The van der Waals surface area contributed by atoms with Gasteiger partial charge in [-0.3, -0.25) is 4.79 Å². The summed E-state index contributed by atoms with van der Waals surface area (Å²) in [4.78, 5) is 12.5. The van der Waals surface area contributed by atoms with Gasteiger partial charge >= 0.3 is 0 Å². The maximum atomic E-state index is 12.5.